The Labute approximate surface area is 135 Å². The highest BCUT2D eigenvalue weighted by molar-refractivity contribution is 5.77. The van der Waals surface area contributed by atoms with Crippen molar-refractivity contribution in [2.24, 2.45) is 5.92 Å². The first-order valence-corrected chi connectivity index (χ1v) is 8.13. The molecule has 6 nitrogen and oxygen atoms in total. The van der Waals surface area contributed by atoms with Crippen molar-refractivity contribution in [3.63, 3.8) is 0 Å². The van der Waals surface area contributed by atoms with Gasteiger partial charge < -0.3 is 20.1 Å². The van der Waals surface area contributed by atoms with Crippen LogP contribution in [0.2, 0.25) is 0 Å². The summed E-state index contributed by atoms with van der Waals surface area (Å²) in [5, 5.41) is 11.9. The minimum Gasteiger partial charge on any atom is -0.490 e. The molecule has 0 radical (unpaired) electrons. The minimum absolute atomic E-state index is 0.216. The average molecular weight is 318 g/mol. The summed E-state index contributed by atoms with van der Waals surface area (Å²) in [7, 11) is 0. The van der Waals surface area contributed by atoms with Crippen molar-refractivity contribution in [1.82, 2.24) is 10.2 Å². The summed E-state index contributed by atoms with van der Waals surface area (Å²) in [5.74, 6) is -0.461. The number of hydrogen-bond donors (Lipinski definition) is 2. The smallest absolute Gasteiger partial charge is 0.317 e. The molecule has 2 N–H and O–H groups in total. The predicted octanol–water partition coefficient (Wildman–Crippen LogP) is 2.23. The van der Waals surface area contributed by atoms with Gasteiger partial charge in [-0.3, -0.25) is 4.79 Å². The molecule has 1 saturated heterocycles. The van der Waals surface area contributed by atoms with Gasteiger partial charge in [0.25, 0.3) is 0 Å². The molecule has 2 fully saturated rings. The van der Waals surface area contributed by atoms with Gasteiger partial charge in [0.2, 0.25) is 0 Å². The number of para-hydroxylation sites is 1. The van der Waals surface area contributed by atoms with E-state index in [1.165, 1.54) is 6.42 Å². The normalized spacial score (nSPS) is 20.9. The van der Waals surface area contributed by atoms with Crippen molar-refractivity contribution in [3.8, 4) is 5.75 Å². The highest BCUT2D eigenvalue weighted by atomic mass is 16.5. The summed E-state index contributed by atoms with van der Waals surface area (Å²) in [6.07, 6.45) is 4.20. The molecule has 1 aliphatic carbocycles. The number of aliphatic carboxylic acids is 1. The van der Waals surface area contributed by atoms with E-state index in [0.717, 1.165) is 24.2 Å². The van der Waals surface area contributed by atoms with Gasteiger partial charge in [-0.1, -0.05) is 18.2 Å². The quantitative estimate of drug-likeness (QED) is 0.872. The molecule has 1 saturated carbocycles. The number of likely N-dealkylation sites (tertiary alicyclic amines) is 1. The Kier molecular flexibility index (Phi) is 4.69. The van der Waals surface area contributed by atoms with Gasteiger partial charge in [0.1, 0.15) is 5.75 Å². The first-order valence-electron chi connectivity index (χ1n) is 8.13. The van der Waals surface area contributed by atoms with Crippen LogP contribution in [0.5, 0.6) is 5.75 Å². The lowest BCUT2D eigenvalue weighted by molar-refractivity contribution is -0.141. The van der Waals surface area contributed by atoms with Crippen LogP contribution in [0.4, 0.5) is 4.79 Å². The highest BCUT2D eigenvalue weighted by Crippen LogP contribution is 2.27. The Bertz CT molecular complexity index is 586. The Morgan fingerprint density at radius 2 is 2.04 bits per heavy atom. The Morgan fingerprint density at radius 3 is 2.70 bits per heavy atom. The van der Waals surface area contributed by atoms with E-state index in [0.29, 0.717) is 25.6 Å². The molecule has 1 aliphatic heterocycles. The first-order chi connectivity index (χ1) is 11.1. The van der Waals surface area contributed by atoms with Gasteiger partial charge in [0.05, 0.1) is 12.0 Å². The van der Waals surface area contributed by atoms with Crippen LogP contribution in [0.1, 0.15) is 31.2 Å². The number of carboxylic acids is 1. The summed E-state index contributed by atoms with van der Waals surface area (Å²) < 4.78 is 5.95. The van der Waals surface area contributed by atoms with Crippen molar-refractivity contribution >= 4 is 12.0 Å². The predicted molar refractivity (Wildman–Crippen MR) is 84.3 cm³/mol. The third-order valence-corrected chi connectivity index (χ3v) is 4.57. The van der Waals surface area contributed by atoms with Gasteiger partial charge >= 0.3 is 12.0 Å². The van der Waals surface area contributed by atoms with E-state index < -0.39 is 11.9 Å². The standard InChI is InChI=1S/C17H22N2O4/c20-16(21)13-8-9-19(11-13)17(22)18-10-12-4-1-2-7-15(12)23-14-5-3-6-14/h1-2,4,7,13-14H,3,5-6,8-11H2,(H,18,22)(H,20,21). The molecule has 1 unspecified atom stereocenters. The maximum Gasteiger partial charge on any atom is 0.317 e. The molecule has 124 valence electrons. The molecule has 1 heterocycles. The fraction of sp³-hybridized carbons (Fsp3) is 0.529. The summed E-state index contributed by atoms with van der Waals surface area (Å²) in [5.41, 5.74) is 0.946. The molecule has 0 bridgehead atoms. The second kappa shape index (κ2) is 6.89. The highest BCUT2D eigenvalue weighted by Gasteiger charge is 2.30. The molecular formula is C17H22N2O4. The third kappa shape index (κ3) is 3.75. The number of ether oxygens (including phenoxy) is 1. The van der Waals surface area contributed by atoms with Gasteiger partial charge in [0, 0.05) is 25.2 Å². The molecule has 6 heteroatoms. The second-order valence-corrected chi connectivity index (χ2v) is 6.21. The Hall–Kier alpha value is -2.24. The number of nitrogens with zero attached hydrogens (tertiary/aromatic N) is 1. The molecule has 0 spiro atoms. The van der Waals surface area contributed by atoms with Crippen molar-refractivity contribution in [2.75, 3.05) is 13.1 Å². The topological polar surface area (TPSA) is 78.9 Å². The van der Waals surface area contributed by atoms with E-state index in [9.17, 15) is 9.59 Å². The molecule has 23 heavy (non-hydrogen) atoms. The Balaban J connectivity index is 1.54. The van der Waals surface area contributed by atoms with Crippen LogP contribution < -0.4 is 10.1 Å². The number of urea groups is 1. The molecule has 1 aromatic carbocycles. The zero-order valence-electron chi connectivity index (χ0n) is 13.0. The maximum atomic E-state index is 12.2. The van der Waals surface area contributed by atoms with Crippen LogP contribution in [0.3, 0.4) is 0 Å². The first kappa shape index (κ1) is 15.6. The molecule has 2 amide bonds. The molecule has 0 aromatic heterocycles. The lowest BCUT2D eigenvalue weighted by Gasteiger charge is -2.27. The van der Waals surface area contributed by atoms with E-state index in [1.807, 2.05) is 24.3 Å². The van der Waals surface area contributed by atoms with Crippen LogP contribution >= 0.6 is 0 Å². The van der Waals surface area contributed by atoms with Gasteiger partial charge in [-0.25, -0.2) is 4.79 Å². The van der Waals surface area contributed by atoms with Gasteiger partial charge in [-0.2, -0.15) is 0 Å². The van der Waals surface area contributed by atoms with Crippen molar-refractivity contribution in [1.29, 1.82) is 0 Å². The molecule has 2 aliphatic rings. The summed E-state index contributed by atoms with van der Waals surface area (Å²) in [6, 6.07) is 7.50. The van der Waals surface area contributed by atoms with Crippen molar-refractivity contribution in [3.05, 3.63) is 29.8 Å². The zero-order valence-corrected chi connectivity index (χ0v) is 13.0. The van der Waals surface area contributed by atoms with Crippen LogP contribution in [-0.2, 0) is 11.3 Å². The van der Waals surface area contributed by atoms with E-state index in [1.54, 1.807) is 4.90 Å². The number of carboxylic acid groups (broad SMARTS) is 1. The second-order valence-electron chi connectivity index (χ2n) is 6.21. The number of carbonyl (C=O) groups excluding carboxylic acids is 1. The van der Waals surface area contributed by atoms with E-state index in [-0.39, 0.29) is 12.6 Å². The largest absolute Gasteiger partial charge is 0.490 e. The third-order valence-electron chi connectivity index (χ3n) is 4.57. The SMILES string of the molecule is O=C(O)C1CCN(C(=O)NCc2ccccc2OC2CCC2)C1. The number of carbonyl (C=O) groups is 2. The van der Waals surface area contributed by atoms with Crippen molar-refractivity contribution in [2.45, 2.75) is 38.3 Å². The molecule has 1 aromatic rings. The van der Waals surface area contributed by atoms with Crippen LogP contribution in [0.15, 0.2) is 24.3 Å². The van der Waals surface area contributed by atoms with E-state index in [4.69, 9.17) is 9.84 Å². The average Bonchev–Trinajstić information content (AvgIpc) is 2.99. The molecule has 1 atom stereocenters. The van der Waals surface area contributed by atoms with Crippen LogP contribution in [-0.4, -0.2) is 41.2 Å². The monoisotopic (exact) mass is 318 g/mol. The molecule has 3 rings (SSSR count). The summed E-state index contributed by atoms with van der Waals surface area (Å²) in [6.45, 7) is 1.15. The fourth-order valence-corrected chi connectivity index (χ4v) is 2.86. The minimum atomic E-state index is -0.834. The van der Waals surface area contributed by atoms with Gasteiger partial charge in [0.15, 0.2) is 0 Å². The number of nitrogens with one attached hydrogen (secondary N) is 1. The van der Waals surface area contributed by atoms with E-state index >= 15 is 0 Å². The van der Waals surface area contributed by atoms with Crippen LogP contribution in [0, 0.1) is 5.92 Å². The Morgan fingerprint density at radius 1 is 1.26 bits per heavy atom. The number of hydrogen-bond acceptors (Lipinski definition) is 3. The number of amides is 2. The van der Waals surface area contributed by atoms with Crippen LogP contribution in [0.25, 0.3) is 0 Å². The van der Waals surface area contributed by atoms with Gasteiger partial charge in [-0.05, 0) is 31.7 Å². The zero-order chi connectivity index (χ0) is 16.2. The fourth-order valence-electron chi connectivity index (χ4n) is 2.86. The van der Waals surface area contributed by atoms with E-state index in [2.05, 4.69) is 5.32 Å². The van der Waals surface area contributed by atoms with Gasteiger partial charge in [-0.15, -0.1) is 0 Å². The lowest BCUT2D eigenvalue weighted by atomic mass is 9.96. The summed E-state index contributed by atoms with van der Waals surface area (Å²) in [4.78, 5) is 24.7. The maximum absolute atomic E-state index is 12.2. The lowest BCUT2D eigenvalue weighted by Crippen LogP contribution is -2.38. The summed E-state index contributed by atoms with van der Waals surface area (Å²) >= 11 is 0. The molecular weight excluding hydrogens is 296 g/mol. The van der Waals surface area contributed by atoms with Crippen molar-refractivity contribution < 1.29 is 19.4 Å². The number of rotatable bonds is 5. The number of benzene rings is 1.